The van der Waals surface area contributed by atoms with E-state index in [9.17, 15) is 4.79 Å². The molecule has 0 radical (unpaired) electrons. The summed E-state index contributed by atoms with van der Waals surface area (Å²) >= 11 is 0. The zero-order valence-electron chi connectivity index (χ0n) is 14.1. The van der Waals surface area contributed by atoms with Gasteiger partial charge in [0.1, 0.15) is 17.6 Å². The number of carbonyl (C=O) groups excluding carboxylic acids is 1. The zero-order valence-corrected chi connectivity index (χ0v) is 14.1. The molecular formula is C19H22N2O3. The second-order valence-corrected chi connectivity index (χ2v) is 7.17. The Kier molecular flexibility index (Phi) is 3.68. The highest BCUT2D eigenvalue weighted by Crippen LogP contribution is 2.38. The highest BCUT2D eigenvalue weighted by Gasteiger charge is 2.45. The number of benzene rings is 1. The van der Waals surface area contributed by atoms with Crippen molar-refractivity contribution in [1.82, 2.24) is 9.88 Å². The first-order chi connectivity index (χ1) is 11.5. The van der Waals surface area contributed by atoms with Crippen LogP contribution in [0.2, 0.25) is 0 Å². The predicted molar refractivity (Wildman–Crippen MR) is 89.2 cm³/mol. The number of nitrogens with zero attached hydrogens (tertiary/aromatic N) is 2. The van der Waals surface area contributed by atoms with Crippen LogP contribution in [0.4, 0.5) is 0 Å². The largest absolute Gasteiger partial charge is 0.485 e. The van der Waals surface area contributed by atoms with Gasteiger partial charge in [0.05, 0.1) is 17.7 Å². The number of rotatable bonds is 3. The van der Waals surface area contributed by atoms with Crippen molar-refractivity contribution in [2.24, 2.45) is 0 Å². The van der Waals surface area contributed by atoms with Crippen molar-refractivity contribution in [3.05, 3.63) is 47.7 Å². The molecule has 1 spiro atoms. The van der Waals surface area contributed by atoms with E-state index in [1.807, 2.05) is 24.3 Å². The highest BCUT2D eigenvalue weighted by molar-refractivity contribution is 6.00. The van der Waals surface area contributed by atoms with Gasteiger partial charge < -0.3 is 9.15 Å². The predicted octanol–water partition coefficient (Wildman–Crippen LogP) is 3.41. The third-order valence-electron chi connectivity index (χ3n) is 4.84. The average molecular weight is 326 g/mol. The minimum Gasteiger partial charge on any atom is -0.485 e. The molecule has 126 valence electrons. The van der Waals surface area contributed by atoms with Crippen molar-refractivity contribution >= 4 is 5.78 Å². The van der Waals surface area contributed by atoms with Crippen molar-refractivity contribution in [3.8, 4) is 5.75 Å². The van der Waals surface area contributed by atoms with Crippen LogP contribution in [0.1, 0.15) is 54.5 Å². The fourth-order valence-corrected chi connectivity index (χ4v) is 3.62. The van der Waals surface area contributed by atoms with Gasteiger partial charge in [-0.2, -0.15) is 0 Å². The topological polar surface area (TPSA) is 55.6 Å². The van der Waals surface area contributed by atoms with Gasteiger partial charge in [-0.15, -0.1) is 0 Å². The lowest BCUT2D eigenvalue weighted by Crippen LogP contribution is -2.44. The molecule has 1 saturated heterocycles. The standard InChI is InChI=1S/C19H22N2O3/c1-13(2)18-20-14(11-23-18)10-21-8-7-19(12-21)9-16(22)15-5-3-4-6-17(15)24-19/h3-6,11,13H,7-10,12H2,1-2H3. The second kappa shape index (κ2) is 5.74. The van der Waals surface area contributed by atoms with Crippen LogP contribution >= 0.6 is 0 Å². The number of para-hydroxylation sites is 1. The minimum atomic E-state index is -0.393. The number of ether oxygens (including phenoxy) is 1. The number of fused-ring (bicyclic) bond motifs is 1. The summed E-state index contributed by atoms with van der Waals surface area (Å²) in [5.41, 5.74) is 1.26. The molecule has 0 N–H and O–H groups in total. The van der Waals surface area contributed by atoms with Crippen molar-refractivity contribution in [1.29, 1.82) is 0 Å². The Labute approximate surface area is 141 Å². The Morgan fingerprint density at radius 1 is 1.33 bits per heavy atom. The molecule has 3 heterocycles. The smallest absolute Gasteiger partial charge is 0.196 e. The lowest BCUT2D eigenvalue weighted by atomic mass is 9.89. The summed E-state index contributed by atoms with van der Waals surface area (Å²) in [5, 5.41) is 0. The van der Waals surface area contributed by atoms with E-state index in [2.05, 4.69) is 23.7 Å². The number of oxazole rings is 1. The summed E-state index contributed by atoms with van der Waals surface area (Å²) in [6.07, 6.45) is 3.06. The molecule has 24 heavy (non-hydrogen) atoms. The van der Waals surface area contributed by atoms with Gasteiger partial charge in [-0.25, -0.2) is 4.98 Å². The van der Waals surface area contributed by atoms with Crippen LogP contribution in [0.3, 0.4) is 0 Å². The molecule has 5 nitrogen and oxygen atoms in total. The number of hydrogen-bond acceptors (Lipinski definition) is 5. The van der Waals surface area contributed by atoms with Crippen LogP contribution in [0.25, 0.3) is 0 Å². The molecule has 0 aliphatic carbocycles. The van der Waals surface area contributed by atoms with Crippen LogP contribution in [-0.2, 0) is 6.54 Å². The summed E-state index contributed by atoms with van der Waals surface area (Å²) in [7, 11) is 0. The van der Waals surface area contributed by atoms with Crippen molar-refractivity contribution in [2.45, 2.75) is 44.8 Å². The van der Waals surface area contributed by atoms with Crippen LogP contribution in [-0.4, -0.2) is 34.4 Å². The molecule has 1 atom stereocenters. The first-order valence-electron chi connectivity index (χ1n) is 8.53. The summed E-state index contributed by atoms with van der Waals surface area (Å²) < 4.78 is 11.8. The van der Waals surface area contributed by atoms with Crippen LogP contribution in [0.5, 0.6) is 5.75 Å². The SMILES string of the molecule is CC(C)c1nc(CN2CCC3(CC(=O)c4ccccc4O3)C2)co1. The Hall–Kier alpha value is -2.14. The van der Waals surface area contributed by atoms with Crippen LogP contribution in [0.15, 0.2) is 34.9 Å². The molecule has 1 fully saturated rings. The molecular weight excluding hydrogens is 304 g/mol. The van der Waals surface area contributed by atoms with E-state index in [4.69, 9.17) is 9.15 Å². The fraction of sp³-hybridized carbons (Fsp3) is 0.474. The van der Waals surface area contributed by atoms with E-state index in [1.165, 1.54) is 0 Å². The maximum atomic E-state index is 12.5. The molecule has 0 amide bonds. The van der Waals surface area contributed by atoms with E-state index < -0.39 is 5.60 Å². The van der Waals surface area contributed by atoms with Gasteiger partial charge in [-0.05, 0) is 12.1 Å². The first kappa shape index (κ1) is 15.4. The van der Waals surface area contributed by atoms with Gasteiger partial charge in [-0.1, -0.05) is 26.0 Å². The summed E-state index contributed by atoms with van der Waals surface area (Å²) in [4.78, 5) is 19.3. The number of carbonyl (C=O) groups is 1. The number of ketones is 1. The molecule has 2 aliphatic rings. The van der Waals surface area contributed by atoms with E-state index in [-0.39, 0.29) is 5.78 Å². The fourth-order valence-electron chi connectivity index (χ4n) is 3.62. The first-order valence-corrected chi connectivity index (χ1v) is 8.53. The molecule has 1 aromatic carbocycles. The monoisotopic (exact) mass is 326 g/mol. The van der Waals surface area contributed by atoms with Gasteiger partial charge in [0.15, 0.2) is 11.7 Å². The Bertz CT molecular complexity index is 767. The number of likely N-dealkylation sites (tertiary alicyclic amines) is 1. The van der Waals surface area contributed by atoms with E-state index in [1.54, 1.807) is 6.26 Å². The molecule has 4 rings (SSSR count). The van der Waals surface area contributed by atoms with Crippen LogP contribution < -0.4 is 4.74 Å². The van der Waals surface area contributed by atoms with E-state index >= 15 is 0 Å². The quantitative estimate of drug-likeness (QED) is 0.865. The highest BCUT2D eigenvalue weighted by atomic mass is 16.5. The van der Waals surface area contributed by atoms with Crippen molar-refractivity contribution in [3.63, 3.8) is 0 Å². The molecule has 2 aliphatic heterocycles. The Morgan fingerprint density at radius 2 is 2.17 bits per heavy atom. The van der Waals surface area contributed by atoms with Gasteiger partial charge in [-0.3, -0.25) is 9.69 Å². The van der Waals surface area contributed by atoms with Gasteiger partial charge >= 0.3 is 0 Å². The maximum absolute atomic E-state index is 12.5. The van der Waals surface area contributed by atoms with E-state index in [0.717, 1.165) is 43.4 Å². The van der Waals surface area contributed by atoms with Crippen molar-refractivity contribution < 1.29 is 13.9 Å². The molecule has 0 saturated carbocycles. The summed E-state index contributed by atoms with van der Waals surface area (Å²) in [6.45, 7) is 6.52. The van der Waals surface area contributed by atoms with Gasteiger partial charge in [0.25, 0.3) is 0 Å². The molecule has 0 bridgehead atoms. The third kappa shape index (κ3) is 2.73. The average Bonchev–Trinajstić information content (AvgIpc) is 3.16. The third-order valence-corrected chi connectivity index (χ3v) is 4.84. The van der Waals surface area contributed by atoms with Crippen LogP contribution in [0, 0.1) is 0 Å². The molecule has 2 aromatic rings. The normalized spacial score (nSPS) is 23.7. The molecule has 5 heteroatoms. The van der Waals surface area contributed by atoms with Crippen molar-refractivity contribution in [2.75, 3.05) is 13.1 Å². The molecule has 1 unspecified atom stereocenters. The Morgan fingerprint density at radius 3 is 2.96 bits per heavy atom. The zero-order chi connectivity index (χ0) is 16.7. The number of hydrogen-bond donors (Lipinski definition) is 0. The lowest BCUT2D eigenvalue weighted by Gasteiger charge is -2.34. The van der Waals surface area contributed by atoms with E-state index in [0.29, 0.717) is 17.9 Å². The molecule has 1 aromatic heterocycles. The Balaban J connectivity index is 1.47. The summed E-state index contributed by atoms with van der Waals surface area (Å²) in [5.74, 6) is 1.97. The maximum Gasteiger partial charge on any atom is 0.196 e. The lowest BCUT2D eigenvalue weighted by molar-refractivity contribution is 0.0454. The number of Topliss-reactive ketones (excluding diaryl/α,β-unsaturated/α-hetero) is 1. The second-order valence-electron chi connectivity index (χ2n) is 7.17. The minimum absolute atomic E-state index is 0.183. The summed E-state index contributed by atoms with van der Waals surface area (Å²) in [6, 6.07) is 7.54. The number of aromatic nitrogens is 1. The van der Waals surface area contributed by atoms with Gasteiger partial charge in [0, 0.05) is 32.0 Å². The van der Waals surface area contributed by atoms with Gasteiger partial charge in [0.2, 0.25) is 0 Å².